The van der Waals surface area contributed by atoms with E-state index in [1.807, 2.05) is 0 Å². The summed E-state index contributed by atoms with van der Waals surface area (Å²) in [6, 6.07) is 0. The van der Waals surface area contributed by atoms with Gasteiger partial charge < -0.3 is 0 Å². The Balaban J connectivity index is 4.07. The van der Waals surface area contributed by atoms with Gasteiger partial charge in [0.05, 0.1) is 0 Å². The van der Waals surface area contributed by atoms with Crippen LogP contribution in [0.3, 0.4) is 0 Å². The second-order valence-electron chi connectivity index (χ2n) is 6.60. The van der Waals surface area contributed by atoms with E-state index in [1.54, 1.807) is 0 Å². The van der Waals surface area contributed by atoms with Crippen LogP contribution in [0.1, 0.15) is 0 Å². The molecule has 24 heavy (non-hydrogen) atoms. The van der Waals surface area contributed by atoms with Crippen molar-refractivity contribution in [3.63, 3.8) is 0 Å². The monoisotopic (exact) mass is 465 g/mol. The summed E-state index contributed by atoms with van der Waals surface area (Å²) in [7, 11) is -29.3. The third-order valence-corrected chi connectivity index (χ3v) is 32.7. The Labute approximate surface area is 143 Å². The quantitative estimate of drug-likeness (QED) is 0.447. The molecule has 18 heteroatoms. The fourth-order valence-corrected chi connectivity index (χ4v) is 39.2. The molecule has 1 aliphatic rings. The Bertz CT molecular complexity index is 726. The third kappa shape index (κ3) is 3.39. The first-order valence-corrected chi connectivity index (χ1v) is 19.1. The van der Waals surface area contributed by atoms with E-state index in [-0.39, 0.29) is 10.9 Å². The summed E-state index contributed by atoms with van der Waals surface area (Å²) in [6.07, 6.45) is 0. The van der Waals surface area contributed by atoms with Gasteiger partial charge in [0.15, 0.2) is 0 Å². The van der Waals surface area contributed by atoms with Crippen molar-refractivity contribution in [2.24, 2.45) is 0 Å². The summed E-state index contributed by atoms with van der Waals surface area (Å²) in [5, 5.41) is 0. The lowest BCUT2D eigenvalue weighted by Crippen LogP contribution is -2.90. The van der Waals surface area contributed by atoms with E-state index in [2.05, 4.69) is 0 Å². The Morgan fingerprint density at radius 3 is 0.708 bits per heavy atom. The van der Waals surface area contributed by atoms with E-state index in [0.29, 0.717) is 0 Å². The van der Waals surface area contributed by atoms with Crippen LogP contribution in [0.15, 0.2) is 0 Å². The minimum absolute atomic E-state index is 0.0828. The van der Waals surface area contributed by atoms with Crippen LogP contribution < -0.4 is 0 Å². The van der Waals surface area contributed by atoms with Gasteiger partial charge in [-0.1, -0.05) is 11.7 Å². The maximum Gasteiger partial charge on any atom is 0.364 e. The number of rotatable bonds is 3. The standard InChI is InChI=1S/C6H18F3N3O6S3Si3/c1-22(2)10(19(7,13)14)23(3,4)12(21(9,17)18)24(5,6)11(22)20(8,15)16/h1-6H3. The summed E-state index contributed by atoms with van der Waals surface area (Å²) < 4.78 is 112. The summed E-state index contributed by atoms with van der Waals surface area (Å²) in [5.41, 5.74) is 0. The second-order valence-corrected chi connectivity index (χ2v) is 25.1. The molecule has 0 aromatic heterocycles. The normalized spacial score (nSPS) is 26.4. The lowest BCUT2D eigenvalue weighted by Gasteiger charge is -2.60. The maximum atomic E-state index is 13.9. The average molecular weight is 466 g/mol. The minimum atomic E-state index is -5.64. The molecule has 9 nitrogen and oxygen atoms in total. The average Bonchev–Trinajstić information content (AvgIpc) is 1.99. The molecule has 144 valence electrons. The highest BCUT2D eigenvalue weighted by Crippen LogP contribution is 2.44. The second kappa shape index (κ2) is 5.58. The fourth-order valence-electron chi connectivity index (χ4n) is 3.86. The van der Waals surface area contributed by atoms with Crippen LogP contribution in [-0.2, 0) is 31.2 Å². The van der Waals surface area contributed by atoms with Crippen LogP contribution in [-0.4, -0.2) is 61.4 Å². The highest BCUT2D eigenvalue weighted by Gasteiger charge is 2.72. The largest absolute Gasteiger partial charge is 0.364 e. The van der Waals surface area contributed by atoms with Crippen LogP contribution >= 0.6 is 0 Å². The molecule has 0 bridgehead atoms. The number of hydrogen-bond donors (Lipinski definition) is 0. The lowest BCUT2D eigenvalue weighted by atomic mass is 11.9. The highest BCUT2D eigenvalue weighted by molar-refractivity contribution is 7.92. The van der Waals surface area contributed by atoms with Crippen molar-refractivity contribution in [1.82, 2.24) is 10.9 Å². The van der Waals surface area contributed by atoms with Crippen molar-refractivity contribution in [2.45, 2.75) is 39.3 Å². The van der Waals surface area contributed by atoms with E-state index >= 15 is 0 Å². The van der Waals surface area contributed by atoms with Crippen molar-refractivity contribution >= 4 is 56.4 Å². The Morgan fingerprint density at radius 1 is 0.500 bits per heavy atom. The van der Waals surface area contributed by atoms with Crippen molar-refractivity contribution in [3.05, 3.63) is 0 Å². The van der Waals surface area contributed by atoms with Gasteiger partial charge in [-0.3, -0.25) is 0 Å². The summed E-state index contributed by atoms with van der Waals surface area (Å²) in [5.74, 6) is 0. The van der Waals surface area contributed by atoms with Gasteiger partial charge in [-0.15, -0.1) is 0 Å². The highest BCUT2D eigenvalue weighted by atomic mass is 32.3. The first-order valence-electron chi connectivity index (χ1n) is 6.35. The molecule has 0 saturated carbocycles. The van der Waals surface area contributed by atoms with Gasteiger partial charge in [-0.2, -0.15) is 36.2 Å². The van der Waals surface area contributed by atoms with Gasteiger partial charge in [-0.05, 0) is 39.3 Å². The van der Waals surface area contributed by atoms with Crippen LogP contribution in [0.5, 0.6) is 0 Å². The molecule has 0 aromatic carbocycles. The van der Waals surface area contributed by atoms with E-state index in [4.69, 9.17) is 0 Å². The van der Waals surface area contributed by atoms with E-state index in [9.17, 15) is 36.9 Å². The van der Waals surface area contributed by atoms with Crippen molar-refractivity contribution in [2.75, 3.05) is 0 Å². The number of hydrogen-bond acceptors (Lipinski definition) is 6. The fraction of sp³-hybridized carbons (Fsp3) is 1.00. The molecule has 1 saturated heterocycles. The summed E-state index contributed by atoms with van der Waals surface area (Å²) in [6.45, 7) is 6.29. The molecule has 1 rings (SSSR count). The van der Waals surface area contributed by atoms with Crippen molar-refractivity contribution in [3.8, 4) is 0 Å². The van der Waals surface area contributed by atoms with Gasteiger partial charge in [0, 0.05) is 0 Å². The molecule has 1 aliphatic heterocycles. The Morgan fingerprint density at radius 2 is 0.625 bits per heavy atom. The zero-order valence-electron chi connectivity index (χ0n) is 13.6. The van der Waals surface area contributed by atoms with Gasteiger partial charge in [0.1, 0.15) is 0 Å². The number of halogens is 3. The molecular weight excluding hydrogens is 448 g/mol. The summed E-state index contributed by atoms with van der Waals surface area (Å²) in [4.78, 5) is 0. The van der Waals surface area contributed by atoms with Crippen molar-refractivity contribution in [1.29, 1.82) is 0 Å². The van der Waals surface area contributed by atoms with E-state index in [0.717, 1.165) is 39.3 Å². The molecule has 0 atom stereocenters. The zero-order chi connectivity index (χ0) is 19.7. The number of nitrogens with zero attached hydrogens (tertiary/aromatic N) is 3. The molecule has 1 fully saturated rings. The molecule has 0 unspecified atom stereocenters. The molecular formula is C6H18F3N3O6S3Si3. The minimum Gasteiger partial charge on any atom is -0.191 e. The lowest BCUT2D eigenvalue weighted by molar-refractivity contribution is 0.472. The van der Waals surface area contributed by atoms with Gasteiger partial charge >= 0.3 is 31.2 Å². The predicted octanol–water partition coefficient (Wildman–Crippen LogP) is 0.654. The van der Waals surface area contributed by atoms with E-state index in [1.165, 1.54) is 0 Å². The van der Waals surface area contributed by atoms with Crippen LogP contribution in [0.4, 0.5) is 11.7 Å². The molecule has 0 aromatic rings. The molecule has 0 radical (unpaired) electrons. The zero-order valence-corrected chi connectivity index (χ0v) is 19.1. The third-order valence-electron chi connectivity index (χ3n) is 3.64. The first kappa shape index (κ1) is 22.2. The Kier molecular flexibility index (Phi) is 5.17. The SMILES string of the molecule is C[Si]1(C)N(S(=O)(=O)F)[Si](C)(C)N(S(=O)(=O)F)[Si](C)(C)N1S(=O)(=O)F. The van der Waals surface area contributed by atoms with Gasteiger partial charge in [0.25, 0.3) is 0 Å². The predicted molar refractivity (Wildman–Crippen MR) is 88.0 cm³/mol. The molecule has 0 amide bonds. The molecule has 0 aliphatic carbocycles. The molecule has 1 heterocycles. The smallest absolute Gasteiger partial charge is 0.191 e. The first-order chi connectivity index (χ1) is 10.1. The Hall–Kier alpha value is 0.171. The van der Waals surface area contributed by atoms with Crippen molar-refractivity contribution < 1.29 is 36.9 Å². The van der Waals surface area contributed by atoms with E-state index < -0.39 is 56.4 Å². The topological polar surface area (TPSA) is 112 Å². The van der Waals surface area contributed by atoms with Crippen LogP contribution in [0.2, 0.25) is 39.3 Å². The summed E-state index contributed by atoms with van der Waals surface area (Å²) >= 11 is 0. The molecule has 0 spiro atoms. The van der Waals surface area contributed by atoms with Crippen LogP contribution in [0, 0.1) is 0 Å². The maximum absolute atomic E-state index is 13.9. The van der Waals surface area contributed by atoms with Gasteiger partial charge in [-0.25, -0.2) is 0 Å². The van der Waals surface area contributed by atoms with Gasteiger partial charge in [0.2, 0.25) is 25.2 Å². The van der Waals surface area contributed by atoms with Crippen LogP contribution in [0.25, 0.3) is 0 Å². The molecule has 0 N–H and O–H groups in total.